The summed E-state index contributed by atoms with van der Waals surface area (Å²) in [6, 6.07) is 0. The summed E-state index contributed by atoms with van der Waals surface area (Å²) in [5, 5.41) is 3.98. The molecule has 0 bridgehead atoms. The Morgan fingerprint density at radius 2 is 2.33 bits per heavy atom. The predicted molar refractivity (Wildman–Crippen MR) is 45.7 cm³/mol. The summed E-state index contributed by atoms with van der Waals surface area (Å²) in [5.41, 5.74) is 0. The molecule has 1 rings (SSSR count). The molecule has 12 heavy (non-hydrogen) atoms. The van der Waals surface area contributed by atoms with Crippen molar-refractivity contribution < 1.29 is 4.74 Å². The van der Waals surface area contributed by atoms with Gasteiger partial charge in [-0.25, -0.2) is 4.98 Å². The minimum Gasteiger partial charge on any atom is -0.379 e. The molecular weight excluding hydrogens is 154 g/mol. The van der Waals surface area contributed by atoms with Gasteiger partial charge < -0.3 is 4.74 Å². The second-order valence-corrected chi connectivity index (χ2v) is 2.93. The van der Waals surface area contributed by atoms with Gasteiger partial charge in [0.1, 0.15) is 12.7 Å². The maximum Gasteiger partial charge on any atom is 0.137 e. The third-order valence-corrected chi connectivity index (χ3v) is 1.45. The van der Waals surface area contributed by atoms with E-state index in [1.165, 1.54) is 0 Å². The van der Waals surface area contributed by atoms with E-state index in [1.54, 1.807) is 12.7 Å². The minimum absolute atomic E-state index is 0.320. The summed E-state index contributed by atoms with van der Waals surface area (Å²) in [5.74, 6) is 0. The fourth-order valence-corrected chi connectivity index (χ4v) is 0.894. The van der Waals surface area contributed by atoms with Crippen molar-refractivity contribution in [1.82, 2.24) is 14.8 Å². The van der Waals surface area contributed by atoms with Crippen LogP contribution in [0.2, 0.25) is 0 Å². The molecule has 68 valence electrons. The van der Waals surface area contributed by atoms with Gasteiger partial charge in [-0.3, -0.25) is 4.68 Å². The van der Waals surface area contributed by atoms with Crippen LogP contribution in [0.5, 0.6) is 0 Å². The lowest BCUT2D eigenvalue weighted by molar-refractivity contribution is 0.0743. The topological polar surface area (TPSA) is 39.9 Å². The average Bonchev–Trinajstić information content (AvgIpc) is 2.49. The van der Waals surface area contributed by atoms with E-state index in [0.29, 0.717) is 6.10 Å². The highest BCUT2D eigenvalue weighted by atomic mass is 16.5. The standard InChI is InChI=1S/C8H15N3O/c1-8(2)12-5-3-4-11-7-9-6-10-11/h6-8H,3-5H2,1-2H3. The molecule has 1 aromatic heterocycles. The van der Waals surface area contributed by atoms with E-state index in [2.05, 4.69) is 10.1 Å². The maximum absolute atomic E-state index is 5.38. The van der Waals surface area contributed by atoms with E-state index in [1.807, 2.05) is 18.5 Å². The average molecular weight is 169 g/mol. The molecule has 0 unspecified atom stereocenters. The van der Waals surface area contributed by atoms with Crippen molar-refractivity contribution in [2.75, 3.05) is 6.61 Å². The Kier molecular flexibility index (Phi) is 3.73. The zero-order valence-corrected chi connectivity index (χ0v) is 7.60. The first-order valence-corrected chi connectivity index (χ1v) is 4.23. The molecular formula is C8H15N3O. The van der Waals surface area contributed by atoms with Crippen LogP contribution in [0.1, 0.15) is 20.3 Å². The van der Waals surface area contributed by atoms with Gasteiger partial charge in [0, 0.05) is 13.2 Å². The van der Waals surface area contributed by atoms with Crippen LogP contribution in [0.3, 0.4) is 0 Å². The highest BCUT2D eigenvalue weighted by Crippen LogP contribution is 1.92. The number of aryl methyl sites for hydroxylation is 1. The van der Waals surface area contributed by atoms with Gasteiger partial charge in [-0.15, -0.1) is 0 Å². The SMILES string of the molecule is CC(C)OCCCn1cncn1. The van der Waals surface area contributed by atoms with E-state index in [-0.39, 0.29) is 0 Å². The highest BCUT2D eigenvalue weighted by Gasteiger charge is 1.94. The molecule has 0 amide bonds. The van der Waals surface area contributed by atoms with Crippen LogP contribution in [0, 0.1) is 0 Å². The molecule has 0 aliphatic heterocycles. The molecule has 0 aliphatic rings. The second-order valence-electron chi connectivity index (χ2n) is 2.93. The quantitative estimate of drug-likeness (QED) is 0.619. The number of hydrogen-bond donors (Lipinski definition) is 0. The van der Waals surface area contributed by atoms with Crippen molar-refractivity contribution in [2.24, 2.45) is 0 Å². The second kappa shape index (κ2) is 4.87. The fourth-order valence-electron chi connectivity index (χ4n) is 0.894. The summed E-state index contributed by atoms with van der Waals surface area (Å²) in [4.78, 5) is 3.85. The van der Waals surface area contributed by atoms with Gasteiger partial charge in [-0.05, 0) is 20.3 Å². The minimum atomic E-state index is 0.320. The number of aromatic nitrogens is 3. The van der Waals surface area contributed by atoms with Gasteiger partial charge >= 0.3 is 0 Å². The monoisotopic (exact) mass is 169 g/mol. The van der Waals surface area contributed by atoms with Gasteiger partial charge in [0.25, 0.3) is 0 Å². The Morgan fingerprint density at radius 3 is 2.92 bits per heavy atom. The van der Waals surface area contributed by atoms with E-state index in [0.717, 1.165) is 19.6 Å². The first kappa shape index (κ1) is 9.19. The third kappa shape index (κ3) is 3.48. The van der Waals surface area contributed by atoms with Crippen molar-refractivity contribution in [3.05, 3.63) is 12.7 Å². The van der Waals surface area contributed by atoms with E-state index in [4.69, 9.17) is 4.74 Å². The molecule has 4 nitrogen and oxygen atoms in total. The van der Waals surface area contributed by atoms with E-state index in [9.17, 15) is 0 Å². The van der Waals surface area contributed by atoms with Crippen molar-refractivity contribution in [2.45, 2.75) is 32.9 Å². The Bertz CT molecular complexity index is 196. The van der Waals surface area contributed by atoms with Crippen LogP contribution < -0.4 is 0 Å². The lowest BCUT2D eigenvalue weighted by Gasteiger charge is -2.06. The molecule has 0 spiro atoms. The van der Waals surface area contributed by atoms with Crippen LogP contribution in [0.15, 0.2) is 12.7 Å². The third-order valence-electron chi connectivity index (χ3n) is 1.45. The summed E-state index contributed by atoms with van der Waals surface area (Å²) < 4.78 is 7.19. The Morgan fingerprint density at radius 1 is 1.50 bits per heavy atom. The van der Waals surface area contributed by atoms with Gasteiger partial charge in [0.15, 0.2) is 0 Å². The van der Waals surface area contributed by atoms with E-state index < -0.39 is 0 Å². The molecule has 0 N–H and O–H groups in total. The fraction of sp³-hybridized carbons (Fsp3) is 0.750. The zero-order chi connectivity index (χ0) is 8.81. The van der Waals surface area contributed by atoms with Gasteiger partial charge in [0.05, 0.1) is 6.10 Å². The molecule has 0 atom stereocenters. The lowest BCUT2D eigenvalue weighted by Crippen LogP contribution is -2.07. The highest BCUT2D eigenvalue weighted by molar-refractivity contribution is 4.55. The molecule has 0 radical (unpaired) electrons. The van der Waals surface area contributed by atoms with Crippen molar-refractivity contribution in [3.63, 3.8) is 0 Å². The molecule has 1 aromatic rings. The zero-order valence-electron chi connectivity index (χ0n) is 7.60. The first-order valence-electron chi connectivity index (χ1n) is 4.23. The van der Waals surface area contributed by atoms with Crippen LogP contribution in [0.4, 0.5) is 0 Å². The number of rotatable bonds is 5. The van der Waals surface area contributed by atoms with Gasteiger partial charge in [-0.1, -0.05) is 0 Å². The maximum atomic E-state index is 5.38. The van der Waals surface area contributed by atoms with E-state index >= 15 is 0 Å². The predicted octanol–water partition coefficient (Wildman–Crippen LogP) is 1.09. The van der Waals surface area contributed by atoms with Crippen molar-refractivity contribution in [3.8, 4) is 0 Å². The van der Waals surface area contributed by atoms with Crippen LogP contribution >= 0.6 is 0 Å². The van der Waals surface area contributed by atoms with Crippen molar-refractivity contribution >= 4 is 0 Å². The smallest absolute Gasteiger partial charge is 0.137 e. The molecule has 4 heteroatoms. The number of hydrogen-bond acceptors (Lipinski definition) is 3. The molecule has 0 aliphatic carbocycles. The summed E-state index contributed by atoms with van der Waals surface area (Å²) in [6.07, 6.45) is 4.57. The number of nitrogens with zero attached hydrogens (tertiary/aromatic N) is 3. The summed E-state index contributed by atoms with van der Waals surface area (Å²) in [7, 11) is 0. The normalized spacial score (nSPS) is 10.9. The lowest BCUT2D eigenvalue weighted by atomic mass is 10.4. The van der Waals surface area contributed by atoms with Crippen LogP contribution in [-0.2, 0) is 11.3 Å². The molecule has 0 saturated heterocycles. The Balaban J connectivity index is 2.04. The Hall–Kier alpha value is -0.900. The summed E-state index contributed by atoms with van der Waals surface area (Å²) in [6.45, 7) is 5.75. The van der Waals surface area contributed by atoms with Crippen LogP contribution in [0.25, 0.3) is 0 Å². The summed E-state index contributed by atoms with van der Waals surface area (Å²) >= 11 is 0. The molecule has 0 aromatic carbocycles. The Labute approximate surface area is 72.6 Å². The van der Waals surface area contributed by atoms with Crippen LogP contribution in [-0.4, -0.2) is 27.5 Å². The van der Waals surface area contributed by atoms with Crippen molar-refractivity contribution in [1.29, 1.82) is 0 Å². The first-order chi connectivity index (χ1) is 5.79. The molecule has 0 saturated carbocycles. The van der Waals surface area contributed by atoms with Gasteiger partial charge in [0.2, 0.25) is 0 Å². The molecule has 0 fully saturated rings. The number of ether oxygens (including phenoxy) is 1. The molecule has 1 heterocycles. The largest absolute Gasteiger partial charge is 0.379 e. The van der Waals surface area contributed by atoms with Gasteiger partial charge in [-0.2, -0.15) is 5.10 Å².